The van der Waals surface area contributed by atoms with E-state index in [2.05, 4.69) is 5.32 Å². The molecule has 0 aromatic heterocycles. The number of amides is 2. The molecule has 3 rings (SSSR count). The molecule has 0 saturated carbocycles. The zero-order valence-corrected chi connectivity index (χ0v) is 15.2. The minimum atomic E-state index is -0.305. The summed E-state index contributed by atoms with van der Waals surface area (Å²) in [5.74, 6) is -0.578. The molecule has 0 bridgehead atoms. The van der Waals surface area contributed by atoms with Gasteiger partial charge in [-0.1, -0.05) is 35.9 Å². The molecule has 1 heterocycles. The van der Waals surface area contributed by atoms with E-state index in [4.69, 9.17) is 0 Å². The first-order valence-corrected chi connectivity index (χ1v) is 8.28. The van der Waals surface area contributed by atoms with Crippen LogP contribution in [0.25, 0.3) is 5.57 Å². The molecule has 1 aliphatic heterocycles. The highest BCUT2D eigenvalue weighted by atomic mass is 16.2. The maximum absolute atomic E-state index is 12.7. The Morgan fingerprint density at radius 3 is 2.12 bits per heavy atom. The SMILES string of the molecule is Cc1ccc(C2=C(Nc3cc(C)ccc3C)C(=O)N(C)C2=O)c(C)c1. The normalized spacial score (nSPS) is 14.5. The molecule has 0 aliphatic carbocycles. The van der Waals surface area contributed by atoms with Crippen LogP contribution >= 0.6 is 0 Å². The molecule has 0 spiro atoms. The molecular weight excluding hydrogens is 312 g/mol. The Bertz CT molecular complexity index is 925. The van der Waals surface area contributed by atoms with Gasteiger partial charge in [0.05, 0.1) is 5.57 Å². The Kier molecular flexibility index (Phi) is 4.21. The summed E-state index contributed by atoms with van der Waals surface area (Å²) in [4.78, 5) is 26.5. The molecule has 4 heteroatoms. The summed E-state index contributed by atoms with van der Waals surface area (Å²) in [6.45, 7) is 7.94. The highest BCUT2D eigenvalue weighted by Crippen LogP contribution is 2.32. The highest BCUT2D eigenvalue weighted by Gasteiger charge is 2.37. The van der Waals surface area contributed by atoms with Crippen molar-refractivity contribution in [1.29, 1.82) is 0 Å². The topological polar surface area (TPSA) is 49.4 Å². The number of aryl methyl sites for hydroxylation is 4. The van der Waals surface area contributed by atoms with Crippen molar-refractivity contribution in [3.8, 4) is 0 Å². The Balaban J connectivity index is 2.17. The van der Waals surface area contributed by atoms with Crippen LogP contribution in [0, 0.1) is 27.7 Å². The van der Waals surface area contributed by atoms with Gasteiger partial charge in [0, 0.05) is 12.7 Å². The molecule has 0 atom stereocenters. The zero-order valence-electron chi connectivity index (χ0n) is 15.2. The second-order valence-corrected chi connectivity index (χ2v) is 6.68. The summed E-state index contributed by atoms with van der Waals surface area (Å²) >= 11 is 0. The van der Waals surface area contributed by atoms with Crippen LogP contribution in [0.3, 0.4) is 0 Å². The van der Waals surface area contributed by atoms with E-state index < -0.39 is 0 Å². The van der Waals surface area contributed by atoms with Crippen LogP contribution in [-0.2, 0) is 9.59 Å². The molecule has 1 aliphatic rings. The lowest BCUT2D eigenvalue weighted by Crippen LogP contribution is -2.28. The third kappa shape index (κ3) is 2.95. The second-order valence-electron chi connectivity index (χ2n) is 6.68. The lowest BCUT2D eigenvalue weighted by molar-refractivity contribution is -0.135. The Morgan fingerprint density at radius 2 is 1.44 bits per heavy atom. The van der Waals surface area contributed by atoms with E-state index in [-0.39, 0.29) is 11.8 Å². The van der Waals surface area contributed by atoms with Crippen LogP contribution < -0.4 is 5.32 Å². The lowest BCUT2D eigenvalue weighted by atomic mass is 9.97. The number of nitrogens with one attached hydrogen (secondary N) is 1. The van der Waals surface area contributed by atoms with E-state index in [1.165, 1.54) is 11.9 Å². The Hall–Kier alpha value is -2.88. The number of imide groups is 1. The van der Waals surface area contributed by atoms with Gasteiger partial charge < -0.3 is 5.32 Å². The Morgan fingerprint density at radius 1 is 0.800 bits per heavy atom. The average Bonchev–Trinajstić information content (AvgIpc) is 2.76. The van der Waals surface area contributed by atoms with Gasteiger partial charge >= 0.3 is 0 Å². The molecule has 2 aromatic rings. The quantitative estimate of drug-likeness (QED) is 0.870. The maximum Gasteiger partial charge on any atom is 0.277 e. The van der Waals surface area contributed by atoms with Crippen molar-refractivity contribution in [3.05, 3.63) is 69.9 Å². The molecule has 2 aromatic carbocycles. The summed E-state index contributed by atoms with van der Waals surface area (Å²) < 4.78 is 0. The highest BCUT2D eigenvalue weighted by molar-refractivity contribution is 6.36. The largest absolute Gasteiger partial charge is 0.350 e. The van der Waals surface area contributed by atoms with Crippen LogP contribution in [0.5, 0.6) is 0 Å². The van der Waals surface area contributed by atoms with Crippen LogP contribution in [0.1, 0.15) is 27.8 Å². The summed E-state index contributed by atoms with van der Waals surface area (Å²) in [7, 11) is 1.52. The number of anilines is 1. The zero-order chi connectivity index (χ0) is 18.3. The number of hydrogen-bond acceptors (Lipinski definition) is 3. The molecule has 2 amide bonds. The summed E-state index contributed by atoms with van der Waals surface area (Å²) in [5, 5.41) is 3.22. The third-order valence-electron chi connectivity index (χ3n) is 4.59. The third-order valence-corrected chi connectivity index (χ3v) is 4.59. The van der Waals surface area contributed by atoms with Crippen LogP contribution in [0.4, 0.5) is 5.69 Å². The first-order chi connectivity index (χ1) is 11.8. The summed E-state index contributed by atoms with van der Waals surface area (Å²) in [6.07, 6.45) is 0. The van der Waals surface area contributed by atoms with Gasteiger partial charge in [0.1, 0.15) is 5.70 Å². The van der Waals surface area contributed by atoms with Gasteiger partial charge in [0.15, 0.2) is 0 Å². The van der Waals surface area contributed by atoms with Crippen molar-refractivity contribution >= 4 is 23.1 Å². The van der Waals surface area contributed by atoms with Crippen molar-refractivity contribution in [3.63, 3.8) is 0 Å². The monoisotopic (exact) mass is 334 g/mol. The lowest BCUT2D eigenvalue weighted by Gasteiger charge is -2.13. The van der Waals surface area contributed by atoms with Gasteiger partial charge in [-0.3, -0.25) is 14.5 Å². The minimum absolute atomic E-state index is 0.273. The summed E-state index contributed by atoms with van der Waals surface area (Å²) in [5.41, 5.74) is 6.62. The Labute approximate surface area is 148 Å². The molecule has 0 fully saturated rings. The summed E-state index contributed by atoms with van der Waals surface area (Å²) in [6, 6.07) is 11.9. The molecule has 0 unspecified atom stereocenters. The fourth-order valence-electron chi connectivity index (χ4n) is 3.11. The van der Waals surface area contributed by atoms with Crippen LogP contribution in [0.15, 0.2) is 42.1 Å². The van der Waals surface area contributed by atoms with Gasteiger partial charge in [-0.15, -0.1) is 0 Å². The van der Waals surface area contributed by atoms with Gasteiger partial charge in [-0.05, 0) is 56.0 Å². The standard InChI is InChI=1S/C21H22N2O2/c1-12-7-9-16(15(4)10-12)18-19(21(25)23(5)20(18)24)22-17-11-13(2)6-8-14(17)3/h6-11,22H,1-5H3. The van der Waals surface area contributed by atoms with Crippen LogP contribution in [-0.4, -0.2) is 23.8 Å². The number of carbonyl (C=O) groups excluding carboxylic acids is 2. The number of carbonyl (C=O) groups is 2. The molecule has 1 N–H and O–H groups in total. The van der Waals surface area contributed by atoms with Crippen molar-refractivity contribution in [2.45, 2.75) is 27.7 Å². The van der Waals surface area contributed by atoms with Gasteiger partial charge in [0.2, 0.25) is 0 Å². The first kappa shape index (κ1) is 17.0. The van der Waals surface area contributed by atoms with E-state index in [1.807, 2.05) is 64.1 Å². The fourth-order valence-corrected chi connectivity index (χ4v) is 3.11. The van der Waals surface area contributed by atoms with Crippen molar-refractivity contribution in [1.82, 2.24) is 4.90 Å². The van der Waals surface area contributed by atoms with Crippen molar-refractivity contribution in [2.75, 3.05) is 12.4 Å². The molecule has 25 heavy (non-hydrogen) atoms. The molecule has 0 radical (unpaired) electrons. The van der Waals surface area contributed by atoms with E-state index in [9.17, 15) is 9.59 Å². The second kappa shape index (κ2) is 6.20. The van der Waals surface area contributed by atoms with Crippen molar-refractivity contribution < 1.29 is 9.59 Å². The fraction of sp³-hybridized carbons (Fsp3) is 0.238. The van der Waals surface area contributed by atoms with Gasteiger partial charge in [0.25, 0.3) is 11.8 Å². The average molecular weight is 334 g/mol. The number of benzene rings is 2. The molecule has 128 valence electrons. The smallest absolute Gasteiger partial charge is 0.277 e. The number of hydrogen-bond donors (Lipinski definition) is 1. The predicted octanol–water partition coefficient (Wildman–Crippen LogP) is 3.74. The van der Waals surface area contributed by atoms with E-state index in [0.29, 0.717) is 11.3 Å². The number of likely N-dealkylation sites (N-methyl/N-ethyl adjacent to an activating group) is 1. The maximum atomic E-state index is 12.7. The van der Waals surface area contributed by atoms with Gasteiger partial charge in [-0.2, -0.15) is 0 Å². The molecule has 0 saturated heterocycles. The van der Waals surface area contributed by atoms with Crippen molar-refractivity contribution in [2.24, 2.45) is 0 Å². The predicted molar refractivity (Wildman–Crippen MR) is 100 cm³/mol. The van der Waals surface area contributed by atoms with E-state index in [1.54, 1.807) is 0 Å². The van der Waals surface area contributed by atoms with E-state index in [0.717, 1.165) is 33.5 Å². The molecule has 4 nitrogen and oxygen atoms in total. The number of nitrogens with zero attached hydrogens (tertiary/aromatic N) is 1. The van der Waals surface area contributed by atoms with Crippen LogP contribution in [0.2, 0.25) is 0 Å². The first-order valence-electron chi connectivity index (χ1n) is 8.28. The molecular formula is C21H22N2O2. The van der Waals surface area contributed by atoms with Gasteiger partial charge in [-0.25, -0.2) is 0 Å². The van der Waals surface area contributed by atoms with E-state index >= 15 is 0 Å². The number of rotatable bonds is 3. The minimum Gasteiger partial charge on any atom is -0.350 e.